The van der Waals surface area contributed by atoms with E-state index in [1.54, 1.807) is 0 Å². The summed E-state index contributed by atoms with van der Waals surface area (Å²) in [5.74, 6) is -0.213. The molecule has 2 unspecified atom stereocenters. The average Bonchev–Trinajstić information content (AvgIpc) is 2.38. The van der Waals surface area contributed by atoms with Gasteiger partial charge in [0, 0.05) is 18.7 Å². The van der Waals surface area contributed by atoms with Crippen LogP contribution >= 0.6 is 0 Å². The quantitative estimate of drug-likeness (QED) is 0.707. The Balaban J connectivity index is 1.87. The van der Waals surface area contributed by atoms with Gasteiger partial charge in [-0.25, -0.2) is 4.98 Å². The summed E-state index contributed by atoms with van der Waals surface area (Å²) in [5.41, 5.74) is -0.158. The number of H-pyrrole nitrogens is 1. The molecule has 0 radical (unpaired) electrons. The smallest absolute Gasteiger partial charge is 0.271 e. The zero-order chi connectivity index (χ0) is 13.0. The summed E-state index contributed by atoms with van der Waals surface area (Å²) in [6.45, 7) is 0.445. The van der Waals surface area contributed by atoms with Crippen molar-refractivity contribution in [3.8, 4) is 0 Å². The molecule has 2 rings (SSSR count). The first kappa shape index (κ1) is 12.8. The first-order valence-corrected chi connectivity index (χ1v) is 6.18. The molecule has 0 spiro atoms. The second-order valence-corrected chi connectivity index (χ2v) is 4.62. The minimum atomic E-state index is -0.339. The summed E-state index contributed by atoms with van der Waals surface area (Å²) < 4.78 is 0. The number of rotatable bonds is 3. The van der Waals surface area contributed by atoms with Gasteiger partial charge in [-0.2, -0.15) is 0 Å². The highest BCUT2D eigenvalue weighted by molar-refractivity contribution is 5.91. The maximum Gasteiger partial charge on any atom is 0.271 e. The number of aliphatic hydroxyl groups is 1. The summed E-state index contributed by atoms with van der Waals surface area (Å²) in [6.07, 6.45) is 5.90. The molecule has 1 aromatic rings. The molecule has 1 aliphatic carbocycles. The van der Waals surface area contributed by atoms with E-state index < -0.39 is 0 Å². The summed E-state index contributed by atoms with van der Waals surface area (Å²) in [5, 5.41) is 12.5. The summed E-state index contributed by atoms with van der Waals surface area (Å²) in [4.78, 5) is 28.7. The van der Waals surface area contributed by atoms with Crippen LogP contribution in [0.1, 0.15) is 36.2 Å². The van der Waals surface area contributed by atoms with Gasteiger partial charge in [-0.1, -0.05) is 12.8 Å². The fourth-order valence-corrected chi connectivity index (χ4v) is 2.21. The Morgan fingerprint density at radius 2 is 2.28 bits per heavy atom. The van der Waals surface area contributed by atoms with Crippen molar-refractivity contribution < 1.29 is 9.90 Å². The van der Waals surface area contributed by atoms with E-state index in [4.69, 9.17) is 0 Å². The number of aromatic amines is 1. The van der Waals surface area contributed by atoms with Crippen LogP contribution in [-0.4, -0.2) is 33.6 Å². The number of carbonyl (C=O) groups is 1. The molecule has 6 heteroatoms. The lowest BCUT2D eigenvalue weighted by molar-refractivity contribution is 0.0661. The lowest BCUT2D eigenvalue weighted by Crippen LogP contribution is -2.37. The largest absolute Gasteiger partial charge is 0.393 e. The number of hydrogen-bond donors (Lipinski definition) is 3. The molecular formula is C12H17N3O3. The van der Waals surface area contributed by atoms with Crippen LogP contribution in [0.4, 0.5) is 0 Å². The highest BCUT2D eigenvalue weighted by atomic mass is 16.3. The van der Waals surface area contributed by atoms with E-state index in [9.17, 15) is 14.7 Å². The van der Waals surface area contributed by atoms with Crippen molar-refractivity contribution in [2.24, 2.45) is 5.92 Å². The predicted octanol–water partition coefficient (Wildman–Crippen LogP) is 0.0508. The molecule has 1 amide bonds. The Hall–Kier alpha value is -1.69. The molecular weight excluding hydrogens is 234 g/mol. The fourth-order valence-electron chi connectivity index (χ4n) is 2.21. The highest BCUT2D eigenvalue weighted by Crippen LogP contribution is 2.23. The van der Waals surface area contributed by atoms with Crippen LogP contribution < -0.4 is 10.9 Å². The van der Waals surface area contributed by atoms with Crippen molar-refractivity contribution >= 4 is 5.91 Å². The molecule has 1 aliphatic rings. The first-order chi connectivity index (χ1) is 8.66. The van der Waals surface area contributed by atoms with Gasteiger partial charge in [0.25, 0.3) is 11.5 Å². The van der Waals surface area contributed by atoms with Gasteiger partial charge in [-0.05, 0) is 12.8 Å². The summed E-state index contributed by atoms with van der Waals surface area (Å²) >= 11 is 0. The number of amides is 1. The van der Waals surface area contributed by atoms with Crippen LogP contribution in [0.2, 0.25) is 0 Å². The Labute approximate surface area is 104 Å². The van der Waals surface area contributed by atoms with E-state index in [2.05, 4.69) is 15.3 Å². The highest BCUT2D eigenvalue weighted by Gasteiger charge is 2.23. The van der Waals surface area contributed by atoms with Crippen LogP contribution in [0.25, 0.3) is 0 Å². The number of nitrogens with zero attached hydrogens (tertiary/aromatic N) is 1. The first-order valence-electron chi connectivity index (χ1n) is 6.18. The van der Waals surface area contributed by atoms with E-state index in [1.165, 1.54) is 6.20 Å². The van der Waals surface area contributed by atoms with Gasteiger partial charge in [0.1, 0.15) is 5.69 Å². The molecule has 1 heterocycles. The standard InChI is InChI=1S/C12H17N3O3/c16-10-4-2-1-3-8(10)5-15-12(18)9-6-14-11(17)7-13-9/h6-8,10,16H,1-5H2,(H,14,17)(H,15,18). The molecule has 0 aliphatic heterocycles. The molecule has 98 valence electrons. The third-order valence-electron chi connectivity index (χ3n) is 3.30. The Bertz CT molecular complexity index is 451. The van der Waals surface area contributed by atoms with Gasteiger partial charge in [0.2, 0.25) is 0 Å². The number of aromatic nitrogens is 2. The van der Waals surface area contributed by atoms with Crippen LogP contribution in [0, 0.1) is 5.92 Å². The van der Waals surface area contributed by atoms with Crippen LogP contribution in [0.15, 0.2) is 17.2 Å². The minimum Gasteiger partial charge on any atom is -0.393 e. The molecule has 0 saturated heterocycles. The van der Waals surface area contributed by atoms with Gasteiger partial charge in [-0.15, -0.1) is 0 Å². The SMILES string of the molecule is O=C(NCC1CCCCC1O)c1c[nH]c(=O)cn1. The second kappa shape index (κ2) is 5.77. The van der Waals surface area contributed by atoms with E-state index in [0.717, 1.165) is 31.9 Å². The van der Waals surface area contributed by atoms with Gasteiger partial charge >= 0.3 is 0 Å². The minimum absolute atomic E-state index is 0.116. The third-order valence-corrected chi connectivity index (χ3v) is 3.30. The van der Waals surface area contributed by atoms with Crippen molar-refractivity contribution in [3.05, 3.63) is 28.4 Å². The maximum absolute atomic E-state index is 11.7. The number of aliphatic hydroxyl groups excluding tert-OH is 1. The molecule has 1 aromatic heterocycles. The summed E-state index contributed by atoms with van der Waals surface area (Å²) in [7, 11) is 0. The molecule has 0 aromatic carbocycles. The maximum atomic E-state index is 11.7. The van der Waals surface area contributed by atoms with E-state index in [0.29, 0.717) is 6.54 Å². The Morgan fingerprint density at radius 1 is 1.50 bits per heavy atom. The van der Waals surface area contributed by atoms with Gasteiger partial charge in [0.05, 0.1) is 12.3 Å². The Kier molecular flexibility index (Phi) is 4.09. The van der Waals surface area contributed by atoms with Crippen LogP contribution in [-0.2, 0) is 0 Å². The topological polar surface area (TPSA) is 95.1 Å². The monoisotopic (exact) mass is 251 g/mol. The van der Waals surface area contributed by atoms with Crippen LogP contribution in [0.5, 0.6) is 0 Å². The third kappa shape index (κ3) is 3.16. The lowest BCUT2D eigenvalue weighted by Gasteiger charge is -2.27. The summed E-state index contributed by atoms with van der Waals surface area (Å²) in [6, 6.07) is 0. The normalized spacial score (nSPS) is 23.6. The number of hydrogen-bond acceptors (Lipinski definition) is 4. The number of carbonyl (C=O) groups excluding carboxylic acids is 1. The molecule has 18 heavy (non-hydrogen) atoms. The van der Waals surface area contributed by atoms with Crippen molar-refractivity contribution in [3.63, 3.8) is 0 Å². The zero-order valence-electron chi connectivity index (χ0n) is 10.1. The number of nitrogens with one attached hydrogen (secondary N) is 2. The molecule has 1 fully saturated rings. The second-order valence-electron chi connectivity index (χ2n) is 4.62. The van der Waals surface area contributed by atoms with E-state index in [1.807, 2.05) is 0 Å². The van der Waals surface area contributed by atoms with Crippen molar-refractivity contribution in [2.75, 3.05) is 6.54 Å². The van der Waals surface area contributed by atoms with E-state index in [-0.39, 0.29) is 29.2 Å². The van der Waals surface area contributed by atoms with Crippen molar-refractivity contribution in [1.82, 2.24) is 15.3 Å². The van der Waals surface area contributed by atoms with Crippen molar-refractivity contribution in [2.45, 2.75) is 31.8 Å². The van der Waals surface area contributed by atoms with Gasteiger partial charge < -0.3 is 15.4 Å². The molecule has 2 atom stereocenters. The van der Waals surface area contributed by atoms with Crippen molar-refractivity contribution in [1.29, 1.82) is 0 Å². The Morgan fingerprint density at radius 3 is 2.94 bits per heavy atom. The van der Waals surface area contributed by atoms with Gasteiger partial charge in [0.15, 0.2) is 0 Å². The van der Waals surface area contributed by atoms with Crippen LogP contribution in [0.3, 0.4) is 0 Å². The zero-order valence-corrected chi connectivity index (χ0v) is 10.1. The lowest BCUT2D eigenvalue weighted by atomic mass is 9.86. The average molecular weight is 251 g/mol. The molecule has 3 N–H and O–H groups in total. The fraction of sp³-hybridized carbons (Fsp3) is 0.583. The van der Waals surface area contributed by atoms with E-state index >= 15 is 0 Å². The molecule has 0 bridgehead atoms. The van der Waals surface area contributed by atoms with Gasteiger partial charge in [-0.3, -0.25) is 9.59 Å². The molecule has 1 saturated carbocycles. The predicted molar refractivity (Wildman–Crippen MR) is 65.2 cm³/mol. The molecule has 6 nitrogen and oxygen atoms in total.